The highest BCUT2D eigenvalue weighted by molar-refractivity contribution is 5.83. The summed E-state index contributed by atoms with van der Waals surface area (Å²) in [6.07, 6.45) is 4.11. The Morgan fingerprint density at radius 1 is 0.783 bits per heavy atom. The van der Waals surface area contributed by atoms with E-state index < -0.39 is 0 Å². The molecule has 0 amide bonds. The minimum absolute atomic E-state index is 1.02. The van der Waals surface area contributed by atoms with Crippen molar-refractivity contribution in [1.29, 1.82) is 0 Å². The summed E-state index contributed by atoms with van der Waals surface area (Å²) in [7, 11) is 0. The van der Waals surface area contributed by atoms with Gasteiger partial charge in [0.15, 0.2) is 0 Å². The third kappa shape index (κ3) is 2.53. The number of fused-ring (bicyclic) bond motifs is 1. The van der Waals surface area contributed by atoms with Crippen molar-refractivity contribution in [3.8, 4) is 16.9 Å². The Morgan fingerprint density at radius 3 is 2.39 bits per heavy atom. The van der Waals surface area contributed by atoms with Crippen molar-refractivity contribution in [3.05, 3.63) is 84.2 Å². The van der Waals surface area contributed by atoms with Gasteiger partial charge in [0.25, 0.3) is 0 Å². The summed E-state index contributed by atoms with van der Waals surface area (Å²) in [6.45, 7) is 4.28. The van der Waals surface area contributed by atoms with Crippen molar-refractivity contribution in [2.24, 2.45) is 0 Å². The molecule has 4 aromatic rings. The molecule has 4 rings (SSSR count). The number of aryl methyl sites for hydroxylation is 2. The molecule has 2 heterocycles. The molecule has 0 aliphatic carbocycles. The SMILES string of the molecule is Cc1ccc(-c2ccc3cc(-n4cccc4)ccc3n2)cc1C. The number of nitrogens with zero attached hydrogens (tertiary/aromatic N) is 2. The van der Waals surface area contributed by atoms with Crippen LogP contribution in [0.2, 0.25) is 0 Å². The number of hydrogen-bond donors (Lipinski definition) is 0. The lowest BCUT2D eigenvalue weighted by Crippen LogP contribution is -1.91. The quantitative estimate of drug-likeness (QED) is 0.490. The Balaban J connectivity index is 1.79. The van der Waals surface area contributed by atoms with Gasteiger partial charge in [0.1, 0.15) is 0 Å². The largest absolute Gasteiger partial charge is 0.324 e. The van der Waals surface area contributed by atoms with Gasteiger partial charge in [-0.3, -0.25) is 0 Å². The van der Waals surface area contributed by atoms with Crippen LogP contribution in [0.25, 0.3) is 27.8 Å². The van der Waals surface area contributed by atoms with Crippen LogP contribution in [0.4, 0.5) is 0 Å². The molecule has 0 atom stereocenters. The molecule has 2 aromatic carbocycles. The second-order valence-corrected chi connectivity index (χ2v) is 5.96. The number of rotatable bonds is 2. The van der Waals surface area contributed by atoms with Gasteiger partial charge in [-0.2, -0.15) is 0 Å². The third-order valence-electron chi connectivity index (χ3n) is 4.38. The summed E-state index contributed by atoms with van der Waals surface area (Å²) >= 11 is 0. The van der Waals surface area contributed by atoms with Crippen LogP contribution in [0.1, 0.15) is 11.1 Å². The first kappa shape index (κ1) is 13.8. The summed E-state index contributed by atoms with van der Waals surface area (Å²) < 4.78 is 2.11. The van der Waals surface area contributed by atoms with Gasteiger partial charge in [-0.05, 0) is 67.4 Å². The zero-order chi connectivity index (χ0) is 15.8. The summed E-state index contributed by atoms with van der Waals surface area (Å²) in [5.74, 6) is 0. The lowest BCUT2D eigenvalue weighted by atomic mass is 10.0. The first-order valence-corrected chi connectivity index (χ1v) is 7.82. The summed E-state index contributed by atoms with van der Waals surface area (Å²) in [6, 6.07) is 21.2. The second kappa shape index (κ2) is 5.40. The van der Waals surface area contributed by atoms with Crippen LogP contribution in [0.15, 0.2) is 73.1 Å². The zero-order valence-corrected chi connectivity index (χ0v) is 13.3. The van der Waals surface area contributed by atoms with E-state index in [2.05, 4.69) is 79.3 Å². The molecule has 23 heavy (non-hydrogen) atoms. The monoisotopic (exact) mass is 298 g/mol. The van der Waals surface area contributed by atoms with Crippen molar-refractivity contribution in [1.82, 2.24) is 9.55 Å². The Kier molecular flexibility index (Phi) is 3.23. The molecule has 0 unspecified atom stereocenters. The van der Waals surface area contributed by atoms with Gasteiger partial charge in [-0.25, -0.2) is 4.98 Å². The topological polar surface area (TPSA) is 17.8 Å². The van der Waals surface area contributed by atoms with Gasteiger partial charge in [-0.1, -0.05) is 18.2 Å². The average Bonchev–Trinajstić information content (AvgIpc) is 3.11. The first-order valence-electron chi connectivity index (χ1n) is 7.82. The van der Waals surface area contributed by atoms with E-state index in [0.29, 0.717) is 0 Å². The Morgan fingerprint density at radius 2 is 1.61 bits per heavy atom. The highest BCUT2D eigenvalue weighted by atomic mass is 14.9. The zero-order valence-electron chi connectivity index (χ0n) is 13.3. The van der Waals surface area contributed by atoms with E-state index in [0.717, 1.165) is 22.3 Å². The maximum absolute atomic E-state index is 4.83. The van der Waals surface area contributed by atoms with Crippen molar-refractivity contribution in [2.45, 2.75) is 13.8 Å². The van der Waals surface area contributed by atoms with E-state index in [9.17, 15) is 0 Å². The van der Waals surface area contributed by atoms with Gasteiger partial charge in [-0.15, -0.1) is 0 Å². The molecular weight excluding hydrogens is 280 g/mol. The van der Waals surface area contributed by atoms with Gasteiger partial charge >= 0.3 is 0 Å². The number of aromatic nitrogens is 2. The van der Waals surface area contributed by atoms with Crippen molar-refractivity contribution in [2.75, 3.05) is 0 Å². The van der Waals surface area contributed by atoms with E-state index in [1.54, 1.807) is 0 Å². The number of pyridine rings is 1. The fraction of sp³-hybridized carbons (Fsp3) is 0.0952. The van der Waals surface area contributed by atoms with E-state index in [4.69, 9.17) is 4.98 Å². The summed E-state index contributed by atoms with van der Waals surface area (Å²) in [5, 5.41) is 1.16. The molecule has 2 aromatic heterocycles. The third-order valence-corrected chi connectivity index (χ3v) is 4.38. The minimum Gasteiger partial charge on any atom is -0.324 e. The predicted molar refractivity (Wildman–Crippen MR) is 96.0 cm³/mol. The standard InChI is InChI=1S/C21H18N2/c1-15-5-6-17(13-16(15)2)20-9-7-18-14-19(8-10-21(18)22-20)23-11-3-4-12-23/h3-14H,1-2H3. The molecule has 0 aliphatic heterocycles. The molecule has 0 spiro atoms. The summed E-state index contributed by atoms with van der Waals surface area (Å²) in [5.41, 5.74) is 6.98. The summed E-state index contributed by atoms with van der Waals surface area (Å²) in [4.78, 5) is 4.83. The maximum atomic E-state index is 4.83. The first-order chi connectivity index (χ1) is 11.2. The smallest absolute Gasteiger partial charge is 0.0711 e. The molecule has 0 N–H and O–H groups in total. The molecule has 0 saturated heterocycles. The van der Waals surface area contributed by atoms with Gasteiger partial charge in [0.05, 0.1) is 11.2 Å². The van der Waals surface area contributed by atoms with Crippen molar-refractivity contribution < 1.29 is 0 Å². The Bertz CT molecular complexity index is 982. The fourth-order valence-corrected chi connectivity index (χ4v) is 2.84. The molecule has 2 nitrogen and oxygen atoms in total. The van der Waals surface area contributed by atoms with Crippen LogP contribution in [-0.2, 0) is 0 Å². The lowest BCUT2D eigenvalue weighted by Gasteiger charge is -2.08. The molecule has 0 saturated carbocycles. The van der Waals surface area contributed by atoms with Crippen LogP contribution < -0.4 is 0 Å². The fourth-order valence-electron chi connectivity index (χ4n) is 2.84. The van der Waals surface area contributed by atoms with Crippen LogP contribution in [0, 0.1) is 13.8 Å². The van der Waals surface area contributed by atoms with Crippen LogP contribution >= 0.6 is 0 Å². The van der Waals surface area contributed by atoms with Crippen molar-refractivity contribution in [3.63, 3.8) is 0 Å². The second-order valence-electron chi connectivity index (χ2n) is 5.96. The molecule has 0 aliphatic rings. The molecule has 0 fully saturated rings. The van der Waals surface area contributed by atoms with Crippen LogP contribution in [0.5, 0.6) is 0 Å². The predicted octanol–water partition coefficient (Wildman–Crippen LogP) is 5.31. The molecule has 2 heteroatoms. The van der Waals surface area contributed by atoms with E-state index in [-0.39, 0.29) is 0 Å². The minimum atomic E-state index is 1.02. The van der Waals surface area contributed by atoms with Crippen LogP contribution in [-0.4, -0.2) is 9.55 Å². The van der Waals surface area contributed by atoms with E-state index >= 15 is 0 Å². The number of benzene rings is 2. The lowest BCUT2D eigenvalue weighted by molar-refractivity contribution is 1.08. The van der Waals surface area contributed by atoms with Gasteiger partial charge < -0.3 is 4.57 Å². The normalized spacial score (nSPS) is 11.0. The number of hydrogen-bond acceptors (Lipinski definition) is 1. The van der Waals surface area contributed by atoms with Gasteiger partial charge in [0, 0.05) is 29.0 Å². The maximum Gasteiger partial charge on any atom is 0.0711 e. The molecular formula is C21H18N2. The van der Waals surface area contributed by atoms with Gasteiger partial charge in [0.2, 0.25) is 0 Å². The highest BCUT2D eigenvalue weighted by Gasteiger charge is 2.04. The highest BCUT2D eigenvalue weighted by Crippen LogP contribution is 2.24. The van der Waals surface area contributed by atoms with E-state index in [1.165, 1.54) is 16.7 Å². The molecule has 0 bridgehead atoms. The molecule has 0 radical (unpaired) electrons. The van der Waals surface area contributed by atoms with Crippen molar-refractivity contribution >= 4 is 10.9 Å². The molecule has 112 valence electrons. The van der Waals surface area contributed by atoms with E-state index in [1.807, 2.05) is 12.1 Å². The Hall–Kier alpha value is -2.87. The average molecular weight is 298 g/mol. The Labute approximate surface area is 136 Å². The van der Waals surface area contributed by atoms with Crippen LogP contribution in [0.3, 0.4) is 0 Å².